The Hall–Kier alpha value is -1.66. The Bertz CT molecular complexity index is 620. The van der Waals surface area contributed by atoms with E-state index in [1.807, 2.05) is 4.90 Å². The lowest BCUT2D eigenvalue weighted by atomic mass is 9.77. The minimum absolute atomic E-state index is 0.0324. The van der Waals surface area contributed by atoms with Crippen molar-refractivity contribution >= 4 is 23.5 Å². The molecule has 0 aromatic heterocycles. The number of nitrogens with one attached hydrogen (secondary N) is 1. The van der Waals surface area contributed by atoms with Gasteiger partial charge in [-0.1, -0.05) is 44.4 Å². The molecule has 3 N–H and O–H groups in total. The van der Waals surface area contributed by atoms with Gasteiger partial charge in [-0.05, 0) is 30.4 Å². The molecule has 0 aliphatic heterocycles. The minimum Gasteiger partial charge on any atom is -0.351 e. The van der Waals surface area contributed by atoms with Crippen LogP contribution in [0.15, 0.2) is 18.2 Å². The molecule has 1 aliphatic rings. The molecule has 1 aromatic carbocycles. The molecule has 5 nitrogen and oxygen atoms in total. The SMILES string of the molecule is C[C@H]1[C@H](C)CCC[C@@H]1N(CC(=O)NC(N)=O)Cc1c(F)cccc1Cl. The van der Waals surface area contributed by atoms with Gasteiger partial charge in [0.05, 0.1) is 6.54 Å². The van der Waals surface area contributed by atoms with E-state index in [0.29, 0.717) is 22.4 Å². The molecule has 1 aliphatic carbocycles. The van der Waals surface area contributed by atoms with Crippen LogP contribution in [0.25, 0.3) is 0 Å². The maximum absolute atomic E-state index is 14.2. The molecule has 1 fully saturated rings. The highest BCUT2D eigenvalue weighted by Crippen LogP contribution is 2.34. The Labute approximate surface area is 152 Å². The molecule has 2 rings (SSSR count). The van der Waals surface area contributed by atoms with Gasteiger partial charge in [-0.3, -0.25) is 15.0 Å². The molecule has 0 unspecified atom stereocenters. The number of rotatable bonds is 5. The first-order chi connectivity index (χ1) is 11.8. The summed E-state index contributed by atoms with van der Waals surface area (Å²) in [4.78, 5) is 24.9. The number of benzene rings is 1. The van der Waals surface area contributed by atoms with Crippen LogP contribution in [0.1, 0.15) is 38.7 Å². The number of nitrogens with two attached hydrogens (primary N) is 1. The van der Waals surface area contributed by atoms with Crippen molar-refractivity contribution in [3.05, 3.63) is 34.6 Å². The molecule has 3 amide bonds. The first-order valence-electron chi connectivity index (χ1n) is 8.55. The van der Waals surface area contributed by atoms with Crippen LogP contribution in [0.4, 0.5) is 9.18 Å². The van der Waals surface area contributed by atoms with Crippen molar-refractivity contribution in [2.24, 2.45) is 17.6 Å². The molecule has 0 radical (unpaired) electrons. The van der Waals surface area contributed by atoms with Gasteiger partial charge >= 0.3 is 6.03 Å². The largest absolute Gasteiger partial charge is 0.351 e. The van der Waals surface area contributed by atoms with E-state index in [2.05, 4.69) is 19.2 Å². The summed E-state index contributed by atoms with van der Waals surface area (Å²) in [7, 11) is 0. The normalized spacial score (nSPS) is 23.5. The zero-order chi connectivity index (χ0) is 18.6. The van der Waals surface area contributed by atoms with E-state index in [0.717, 1.165) is 19.3 Å². The van der Waals surface area contributed by atoms with Crippen molar-refractivity contribution in [3.63, 3.8) is 0 Å². The summed E-state index contributed by atoms with van der Waals surface area (Å²) in [6.07, 6.45) is 3.11. The summed E-state index contributed by atoms with van der Waals surface area (Å²) >= 11 is 6.16. The number of urea groups is 1. The van der Waals surface area contributed by atoms with Gasteiger partial charge in [0.1, 0.15) is 5.82 Å². The maximum Gasteiger partial charge on any atom is 0.318 e. The minimum atomic E-state index is -0.890. The third-order valence-corrected chi connectivity index (χ3v) is 5.52. The number of hydrogen-bond donors (Lipinski definition) is 2. The predicted octanol–water partition coefficient (Wildman–Crippen LogP) is 3.30. The fourth-order valence-corrected chi connectivity index (χ4v) is 3.83. The first-order valence-corrected chi connectivity index (χ1v) is 8.93. The number of amides is 3. The smallest absolute Gasteiger partial charge is 0.318 e. The van der Waals surface area contributed by atoms with E-state index in [1.54, 1.807) is 12.1 Å². The summed E-state index contributed by atoms with van der Waals surface area (Å²) in [5.74, 6) is -0.0353. The van der Waals surface area contributed by atoms with Crippen molar-refractivity contribution in [1.29, 1.82) is 0 Å². The maximum atomic E-state index is 14.2. The Morgan fingerprint density at radius 2 is 2.08 bits per heavy atom. The second-order valence-corrected chi connectivity index (χ2v) is 7.26. The van der Waals surface area contributed by atoms with E-state index in [-0.39, 0.29) is 19.1 Å². The highest BCUT2D eigenvalue weighted by atomic mass is 35.5. The number of halogens is 2. The summed E-state index contributed by atoms with van der Waals surface area (Å²) in [6, 6.07) is 3.76. The highest BCUT2D eigenvalue weighted by molar-refractivity contribution is 6.31. The molecule has 0 saturated heterocycles. The average molecular weight is 370 g/mol. The van der Waals surface area contributed by atoms with E-state index in [9.17, 15) is 14.0 Å². The zero-order valence-electron chi connectivity index (χ0n) is 14.6. The Kier molecular flexibility index (Phi) is 6.79. The molecule has 0 bridgehead atoms. The van der Waals surface area contributed by atoms with Crippen LogP contribution < -0.4 is 11.1 Å². The lowest BCUT2D eigenvalue weighted by Gasteiger charge is -2.41. The number of carbonyl (C=O) groups excluding carboxylic acids is 2. The number of hydrogen-bond acceptors (Lipinski definition) is 3. The van der Waals surface area contributed by atoms with Gasteiger partial charge in [0.15, 0.2) is 0 Å². The number of nitrogens with zero attached hydrogens (tertiary/aromatic N) is 1. The predicted molar refractivity (Wildman–Crippen MR) is 95.5 cm³/mol. The topological polar surface area (TPSA) is 75.4 Å². The van der Waals surface area contributed by atoms with E-state index in [1.165, 1.54) is 6.07 Å². The monoisotopic (exact) mass is 369 g/mol. The molecule has 7 heteroatoms. The summed E-state index contributed by atoms with van der Waals surface area (Å²) in [5.41, 5.74) is 5.39. The summed E-state index contributed by atoms with van der Waals surface area (Å²) in [5, 5.41) is 2.42. The van der Waals surface area contributed by atoms with E-state index >= 15 is 0 Å². The molecule has 25 heavy (non-hydrogen) atoms. The number of primary amides is 1. The molecule has 0 heterocycles. The van der Waals surface area contributed by atoms with Crippen LogP contribution >= 0.6 is 11.6 Å². The average Bonchev–Trinajstić information content (AvgIpc) is 2.52. The zero-order valence-corrected chi connectivity index (χ0v) is 15.4. The van der Waals surface area contributed by atoms with E-state index < -0.39 is 17.8 Å². The fraction of sp³-hybridized carbons (Fsp3) is 0.556. The van der Waals surface area contributed by atoms with Gasteiger partial charge in [-0.25, -0.2) is 9.18 Å². The molecular formula is C18H25ClFN3O2. The number of imide groups is 1. The van der Waals surface area contributed by atoms with Crippen molar-refractivity contribution in [2.75, 3.05) is 6.54 Å². The Balaban J connectivity index is 2.25. The van der Waals surface area contributed by atoms with E-state index in [4.69, 9.17) is 17.3 Å². The van der Waals surface area contributed by atoms with Gasteiger partial charge in [0, 0.05) is 23.2 Å². The number of carbonyl (C=O) groups is 2. The van der Waals surface area contributed by atoms with Crippen molar-refractivity contribution in [3.8, 4) is 0 Å². The molecular weight excluding hydrogens is 345 g/mol. The van der Waals surface area contributed by atoms with Crippen LogP contribution in [-0.4, -0.2) is 29.4 Å². The van der Waals surface area contributed by atoms with Gasteiger partial charge in [-0.2, -0.15) is 0 Å². The van der Waals surface area contributed by atoms with Gasteiger partial charge in [0.2, 0.25) is 5.91 Å². The second-order valence-electron chi connectivity index (χ2n) is 6.85. The van der Waals surface area contributed by atoms with Crippen LogP contribution in [-0.2, 0) is 11.3 Å². The Morgan fingerprint density at radius 3 is 2.72 bits per heavy atom. The highest BCUT2D eigenvalue weighted by Gasteiger charge is 2.33. The molecule has 138 valence electrons. The molecule has 1 aromatic rings. The van der Waals surface area contributed by atoms with Crippen molar-refractivity contribution in [2.45, 2.75) is 45.7 Å². The lowest BCUT2D eigenvalue weighted by Crippen LogP contribution is -2.49. The van der Waals surface area contributed by atoms with Crippen molar-refractivity contribution in [1.82, 2.24) is 10.2 Å². The van der Waals surface area contributed by atoms with Gasteiger partial charge < -0.3 is 5.73 Å². The third kappa shape index (κ3) is 5.16. The van der Waals surface area contributed by atoms with Gasteiger partial charge in [-0.15, -0.1) is 0 Å². The first kappa shape index (κ1) is 19.7. The second kappa shape index (κ2) is 8.63. The van der Waals surface area contributed by atoms with Crippen molar-refractivity contribution < 1.29 is 14.0 Å². The van der Waals surface area contributed by atoms with Crippen LogP contribution in [0.5, 0.6) is 0 Å². The summed E-state index contributed by atoms with van der Waals surface area (Å²) < 4.78 is 14.2. The molecule has 0 spiro atoms. The quantitative estimate of drug-likeness (QED) is 0.836. The Morgan fingerprint density at radius 1 is 1.36 bits per heavy atom. The van der Waals surface area contributed by atoms with Crippen LogP contribution in [0.2, 0.25) is 5.02 Å². The standard InChI is InChI=1S/C18H25ClFN3O2/c1-11-5-3-8-16(12(11)2)23(10-17(24)22-18(21)25)9-13-14(19)6-4-7-15(13)20/h4,6-7,11-12,16H,3,5,8-10H2,1-2H3,(H3,21,22,24,25)/t11-,12+,16+/m1/s1. The lowest BCUT2D eigenvalue weighted by molar-refractivity contribution is -0.122. The third-order valence-electron chi connectivity index (χ3n) is 5.17. The molecule has 3 atom stereocenters. The van der Waals surface area contributed by atoms with Crippen LogP contribution in [0, 0.1) is 17.7 Å². The van der Waals surface area contributed by atoms with Gasteiger partial charge in [0.25, 0.3) is 0 Å². The summed E-state index contributed by atoms with van der Waals surface area (Å²) in [6.45, 7) is 4.51. The fourth-order valence-electron chi connectivity index (χ4n) is 3.61. The molecule has 1 saturated carbocycles. The van der Waals surface area contributed by atoms with Crippen LogP contribution in [0.3, 0.4) is 0 Å².